The van der Waals surface area contributed by atoms with Crippen molar-refractivity contribution in [1.82, 2.24) is 19.4 Å². The largest absolute Gasteiger partial charge is 0.394 e. The van der Waals surface area contributed by atoms with Gasteiger partial charge in [0, 0.05) is 38.3 Å². The van der Waals surface area contributed by atoms with Crippen LogP contribution in [0.1, 0.15) is 43.0 Å². The summed E-state index contributed by atoms with van der Waals surface area (Å²) in [6, 6.07) is -0.586. The molecule has 1 atom stereocenters. The van der Waals surface area contributed by atoms with Crippen molar-refractivity contribution in [1.29, 1.82) is 0 Å². The van der Waals surface area contributed by atoms with Crippen LogP contribution < -0.4 is 11.2 Å². The highest BCUT2D eigenvalue weighted by Crippen LogP contribution is 2.39. The Morgan fingerprint density at radius 3 is 2.56 bits per heavy atom. The van der Waals surface area contributed by atoms with E-state index in [2.05, 4.69) is 4.98 Å². The van der Waals surface area contributed by atoms with Gasteiger partial charge in [0.15, 0.2) is 0 Å². The number of aryl methyl sites for hydroxylation is 1. The molecular weight excluding hydrogens is 352 g/mol. The number of hydrogen-bond acceptors (Lipinski definition) is 5. The van der Waals surface area contributed by atoms with Crippen molar-refractivity contribution < 1.29 is 14.7 Å². The third-order valence-electron chi connectivity index (χ3n) is 5.80. The van der Waals surface area contributed by atoms with Crippen LogP contribution in [0.25, 0.3) is 0 Å². The smallest absolute Gasteiger partial charge is 0.328 e. The zero-order valence-corrected chi connectivity index (χ0v) is 15.7. The van der Waals surface area contributed by atoms with Gasteiger partial charge in [-0.1, -0.05) is 19.8 Å². The molecule has 9 nitrogen and oxygen atoms in total. The maximum absolute atomic E-state index is 12.9. The van der Waals surface area contributed by atoms with Gasteiger partial charge < -0.3 is 19.5 Å². The maximum atomic E-state index is 12.9. The van der Waals surface area contributed by atoms with Crippen molar-refractivity contribution in [2.24, 2.45) is 12.5 Å². The Morgan fingerprint density at radius 2 is 1.93 bits per heavy atom. The van der Waals surface area contributed by atoms with E-state index in [1.807, 2.05) is 6.92 Å². The third-order valence-corrected chi connectivity index (χ3v) is 5.80. The Bertz CT molecular complexity index is 852. The number of piperazine rings is 1. The van der Waals surface area contributed by atoms with Gasteiger partial charge in [-0.25, -0.2) is 4.79 Å². The van der Waals surface area contributed by atoms with E-state index >= 15 is 0 Å². The van der Waals surface area contributed by atoms with Crippen molar-refractivity contribution in [2.45, 2.75) is 38.6 Å². The molecule has 148 valence electrons. The number of carbonyl (C=O) groups excluding carboxylic acids is 2. The highest BCUT2D eigenvalue weighted by Gasteiger charge is 2.42. The average molecular weight is 378 g/mol. The fraction of sp³-hybridized carbons (Fsp3) is 0.667. The van der Waals surface area contributed by atoms with Crippen LogP contribution in [0.15, 0.2) is 15.8 Å². The number of amides is 2. The van der Waals surface area contributed by atoms with Crippen LogP contribution in [0.2, 0.25) is 0 Å². The number of aromatic amines is 1. The van der Waals surface area contributed by atoms with Crippen molar-refractivity contribution in [3.8, 4) is 0 Å². The Balaban J connectivity index is 1.78. The number of nitrogens with zero attached hydrogens (tertiary/aromatic N) is 3. The summed E-state index contributed by atoms with van der Waals surface area (Å²) in [5.74, 6) is -0.476. The fourth-order valence-corrected chi connectivity index (χ4v) is 4.08. The minimum atomic E-state index is -0.753. The van der Waals surface area contributed by atoms with E-state index < -0.39 is 23.2 Å². The first kappa shape index (κ1) is 19.3. The lowest BCUT2D eigenvalue weighted by molar-refractivity contribution is -0.144. The van der Waals surface area contributed by atoms with Gasteiger partial charge in [-0.05, 0) is 12.8 Å². The summed E-state index contributed by atoms with van der Waals surface area (Å²) in [6.45, 7) is 2.50. The summed E-state index contributed by atoms with van der Waals surface area (Å²) in [5, 5.41) is 9.78. The summed E-state index contributed by atoms with van der Waals surface area (Å²) < 4.78 is 1.13. The predicted molar refractivity (Wildman–Crippen MR) is 97.4 cm³/mol. The molecule has 27 heavy (non-hydrogen) atoms. The number of aliphatic hydroxyl groups is 1. The van der Waals surface area contributed by atoms with E-state index in [-0.39, 0.29) is 36.6 Å². The van der Waals surface area contributed by atoms with Gasteiger partial charge >= 0.3 is 5.69 Å². The molecule has 2 fully saturated rings. The van der Waals surface area contributed by atoms with Crippen LogP contribution in [-0.2, 0) is 11.8 Å². The minimum Gasteiger partial charge on any atom is -0.394 e. The molecule has 1 saturated carbocycles. The van der Waals surface area contributed by atoms with E-state index in [9.17, 15) is 24.3 Å². The summed E-state index contributed by atoms with van der Waals surface area (Å²) >= 11 is 0. The van der Waals surface area contributed by atoms with E-state index in [4.69, 9.17) is 0 Å². The molecule has 1 aromatic heterocycles. The third kappa shape index (κ3) is 3.55. The number of nitrogens with one attached hydrogen (secondary N) is 1. The van der Waals surface area contributed by atoms with Crippen LogP contribution in [0, 0.1) is 5.41 Å². The first-order valence-corrected chi connectivity index (χ1v) is 9.28. The Labute approximate surface area is 156 Å². The summed E-state index contributed by atoms with van der Waals surface area (Å²) in [4.78, 5) is 54.5. The monoisotopic (exact) mass is 378 g/mol. The van der Waals surface area contributed by atoms with Crippen molar-refractivity contribution in [3.05, 3.63) is 32.6 Å². The molecule has 1 unspecified atom stereocenters. The first-order valence-electron chi connectivity index (χ1n) is 9.28. The summed E-state index contributed by atoms with van der Waals surface area (Å²) in [5.41, 5.74) is -1.87. The number of aromatic nitrogens is 2. The van der Waals surface area contributed by atoms with Gasteiger partial charge in [-0.3, -0.25) is 19.4 Å². The fourth-order valence-electron chi connectivity index (χ4n) is 4.08. The molecule has 2 amide bonds. The van der Waals surface area contributed by atoms with Crippen molar-refractivity contribution in [2.75, 3.05) is 26.2 Å². The van der Waals surface area contributed by atoms with Crippen LogP contribution in [0.3, 0.4) is 0 Å². The molecule has 9 heteroatoms. The normalized spacial score (nSPS) is 22.1. The van der Waals surface area contributed by atoms with Gasteiger partial charge in [0.25, 0.3) is 11.5 Å². The van der Waals surface area contributed by atoms with Crippen molar-refractivity contribution in [3.63, 3.8) is 0 Å². The van der Waals surface area contributed by atoms with E-state index in [1.165, 1.54) is 18.1 Å². The van der Waals surface area contributed by atoms with Gasteiger partial charge in [0.05, 0.1) is 12.6 Å². The van der Waals surface area contributed by atoms with Gasteiger partial charge in [-0.2, -0.15) is 0 Å². The highest BCUT2D eigenvalue weighted by atomic mass is 16.3. The molecule has 2 N–H and O–H groups in total. The first-order chi connectivity index (χ1) is 12.8. The zero-order valence-electron chi connectivity index (χ0n) is 15.7. The molecular formula is C18H26N4O5. The molecule has 2 aliphatic rings. The predicted octanol–water partition coefficient (Wildman–Crippen LogP) is -0.701. The van der Waals surface area contributed by atoms with Gasteiger partial charge in [0.2, 0.25) is 5.91 Å². The van der Waals surface area contributed by atoms with Crippen LogP contribution >= 0.6 is 0 Å². The van der Waals surface area contributed by atoms with Crippen LogP contribution in [0.4, 0.5) is 0 Å². The molecule has 2 heterocycles. The lowest BCUT2D eigenvalue weighted by atomic mass is 9.86. The lowest BCUT2D eigenvalue weighted by Crippen LogP contribution is -2.60. The number of H-pyrrole nitrogens is 1. The van der Waals surface area contributed by atoms with E-state index in [0.717, 1.165) is 30.3 Å². The van der Waals surface area contributed by atoms with Gasteiger partial charge in [0.1, 0.15) is 5.56 Å². The second-order valence-corrected chi connectivity index (χ2v) is 7.77. The van der Waals surface area contributed by atoms with E-state index in [1.54, 1.807) is 4.90 Å². The summed E-state index contributed by atoms with van der Waals surface area (Å²) in [7, 11) is 1.44. The number of rotatable bonds is 3. The molecule has 0 spiro atoms. The molecule has 3 rings (SSSR count). The molecule has 0 radical (unpaired) electrons. The molecule has 1 aliphatic carbocycles. The maximum Gasteiger partial charge on any atom is 0.328 e. The number of carbonyl (C=O) groups is 2. The topological polar surface area (TPSA) is 116 Å². The van der Waals surface area contributed by atoms with Crippen LogP contribution in [-0.4, -0.2) is 68.6 Å². The van der Waals surface area contributed by atoms with E-state index in [0.29, 0.717) is 6.54 Å². The molecule has 1 aliphatic heterocycles. The molecule has 0 aromatic carbocycles. The standard InChI is InChI=1S/C18H26N4O5/c1-18(5-3-4-6-18)16(26)21-7-8-22(12(9-21)11-23)15(25)13-10-20(2)17(27)19-14(13)24/h10,12,23H,3-9,11H2,1-2H3,(H,19,24,27). The molecule has 1 aromatic rings. The molecule has 0 bridgehead atoms. The summed E-state index contributed by atoms with van der Waals surface area (Å²) in [6.07, 6.45) is 5.01. The number of aliphatic hydroxyl groups excluding tert-OH is 1. The van der Waals surface area contributed by atoms with Crippen LogP contribution in [0.5, 0.6) is 0 Å². The molecule has 1 saturated heterocycles. The Hall–Kier alpha value is -2.42. The highest BCUT2D eigenvalue weighted by molar-refractivity contribution is 5.94. The zero-order chi connectivity index (χ0) is 19.8. The van der Waals surface area contributed by atoms with Gasteiger partial charge in [-0.15, -0.1) is 0 Å². The lowest BCUT2D eigenvalue weighted by Gasteiger charge is -2.43. The van der Waals surface area contributed by atoms with Crippen molar-refractivity contribution >= 4 is 11.8 Å². The Morgan fingerprint density at radius 1 is 1.26 bits per heavy atom. The second kappa shape index (κ2) is 7.30. The number of hydrogen-bond donors (Lipinski definition) is 2. The second-order valence-electron chi connectivity index (χ2n) is 7.77. The quantitative estimate of drug-likeness (QED) is 0.722. The SMILES string of the molecule is Cn1cc(C(=O)N2CCN(C(=O)C3(C)CCCC3)CC2CO)c(=O)[nH]c1=O. The minimum absolute atomic E-state index is 0.0745. The average Bonchev–Trinajstić information content (AvgIpc) is 3.10. The Kier molecular flexibility index (Phi) is 5.23.